The second-order valence-corrected chi connectivity index (χ2v) is 5.81. The van der Waals surface area contributed by atoms with Gasteiger partial charge < -0.3 is 4.90 Å². The molecule has 1 aromatic carbocycles. The van der Waals surface area contributed by atoms with Gasteiger partial charge in [0.2, 0.25) is 5.91 Å². The Balaban J connectivity index is 1.82. The van der Waals surface area contributed by atoms with Crippen LogP contribution in [0.4, 0.5) is 0 Å². The van der Waals surface area contributed by atoms with Crippen LogP contribution >= 0.6 is 0 Å². The quantitative estimate of drug-likeness (QED) is 0.867. The van der Waals surface area contributed by atoms with Crippen molar-refractivity contribution in [2.24, 2.45) is 0 Å². The fraction of sp³-hybridized carbons (Fsp3) is 0.412. The highest BCUT2D eigenvalue weighted by atomic mass is 16.2. The van der Waals surface area contributed by atoms with Gasteiger partial charge in [-0.15, -0.1) is 0 Å². The smallest absolute Gasteiger partial charge is 0.247 e. The molecule has 0 aliphatic carbocycles. The molecule has 0 spiro atoms. The molecule has 1 aliphatic heterocycles. The number of hydrogen-bond acceptors (Lipinski definition) is 4. The summed E-state index contributed by atoms with van der Waals surface area (Å²) < 4.78 is 1.56. The summed E-state index contributed by atoms with van der Waals surface area (Å²) >= 11 is 0. The summed E-state index contributed by atoms with van der Waals surface area (Å²) in [6.07, 6.45) is 4.74. The molecule has 0 bridgehead atoms. The molecule has 118 valence electrons. The van der Waals surface area contributed by atoms with Crippen LogP contribution in [0.1, 0.15) is 37.3 Å². The lowest BCUT2D eigenvalue weighted by Gasteiger charge is -2.30. The first-order chi connectivity index (χ1) is 11.2. The first-order valence-electron chi connectivity index (χ1n) is 7.81. The summed E-state index contributed by atoms with van der Waals surface area (Å²) in [4.78, 5) is 18.6. The van der Waals surface area contributed by atoms with Crippen LogP contribution in [0.5, 0.6) is 0 Å². The summed E-state index contributed by atoms with van der Waals surface area (Å²) in [5.74, 6) is -0.306. The Labute approximate surface area is 135 Å². The van der Waals surface area contributed by atoms with Gasteiger partial charge in [0.05, 0.1) is 18.0 Å². The minimum absolute atomic E-state index is 0.00539. The van der Waals surface area contributed by atoms with Gasteiger partial charge in [-0.05, 0) is 25.3 Å². The first kappa shape index (κ1) is 15.2. The molecule has 1 aromatic heterocycles. The maximum atomic E-state index is 12.8. The van der Waals surface area contributed by atoms with Crippen LogP contribution in [0.3, 0.4) is 0 Å². The van der Waals surface area contributed by atoms with E-state index in [9.17, 15) is 10.1 Å². The molecule has 1 fully saturated rings. The minimum atomic E-state index is -0.409. The van der Waals surface area contributed by atoms with Crippen molar-refractivity contribution in [1.82, 2.24) is 19.7 Å². The molecule has 3 unspecified atom stereocenters. The number of nitriles is 1. The van der Waals surface area contributed by atoms with Gasteiger partial charge in [-0.25, -0.2) is 9.67 Å². The first-order valence-corrected chi connectivity index (χ1v) is 7.81. The molecule has 1 aliphatic rings. The molecular weight excluding hydrogens is 290 g/mol. The standard InChI is InChI=1S/C17H19N5O/c1-13(22-12-19-11-20-22)17(23)21-9-5-8-16(21)15(10-18)14-6-3-2-4-7-14/h2-4,6-7,11-13,15-16H,5,8-9H2,1H3. The van der Waals surface area contributed by atoms with Crippen molar-refractivity contribution in [2.75, 3.05) is 6.54 Å². The van der Waals surface area contributed by atoms with Gasteiger partial charge in [-0.1, -0.05) is 30.3 Å². The van der Waals surface area contributed by atoms with Gasteiger partial charge in [-0.2, -0.15) is 10.4 Å². The van der Waals surface area contributed by atoms with Crippen LogP contribution in [0.2, 0.25) is 0 Å². The van der Waals surface area contributed by atoms with Gasteiger partial charge >= 0.3 is 0 Å². The molecule has 0 N–H and O–H groups in total. The van der Waals surface area contributed by atoms with Crippen molar-refractivity contribution in [2.45, 2.75) is 37.8 Å². The van der Waals surface area contributed by atoms with E-state index >= 15 is 0 Å². The van der Waals surface area contributed by atoms with Crippen molar-refractivity contribution in [3.05, 3.63) is 48.5 Å². The second-order valence-electron chi connectivity index (χ2n) is 5.81. The van der Waals surface area contributed by atoms with Crippen molar-refractivity contribution in [3.63, 3.8) is 0 Å². The Kier molecular flexibility index (Phi) is 4.38. The number of aromatic nitrogens is 3. The lowest BCUT2D eigenvalue weighted by molar-refractivity contribution is -0.135. The molecule has 2 heterocycles. The molecule has 23 heavy (non-hydrogen) atoms. The van der Waals surface area contributed by atoms with E-state index in [1.807, 2.05) is 42.2 Å². The van der Waals surface area contributed by atoms with E-state index in [1.165, 1.54) is 6.33 Å². The number of carbonyl (C=O) groups excluding carboxylic acids is 1. The zero-order valence-electron chi connectivity index (χ0n) is 13.0. The molecule has 3 atom stereocenters. The lowest BCUT2D eigenvalue weighted by Crippen LogP contribution is -2.42. The molecular formula is C17H19N5O. The van der Waals surface area contributed by atoms with Gasteiger partial charge in [0.15, 0.2) is 0 Å². The van der Waals surface area contributed by atoms with E-state index in [0.717, 1.165) is 18.4 Å². The van der Waals surface area contributed by atoms with Crippen molar-refractivity contribution in [1.29, 1.82) is 5.26 Å². The van der Waals surface area contributed by atoms with Crippen molar-refractivity contribution in [3.8, 4) is 6.07 Å². The Morgan fingerprint density at radius 3 is 2.83 bits per heavy atom. The van der Waals surface area contributed by atoms with E-state index in [4.69, 9.17) is 0 Å². The molecule has 6 heteroatoms. The third-order valence-electron chi connectivity index (χ3n) is 4.46. The molecule has 2 aromatic rings. The van der Waals surface area contributed by atoms with E-state index in [0.29, 0.717) is 6.54 Å². The van der Waals surface area contributed by atoms with Gasteiger partial charge in [0.25, 0.3) is 0 Å². The number of rotatable bonds is 4. The molecule has 0 saturated carbocycles. The Hall–Kier alpha value is -2.68. The van der Waals surface area contributed by atoms with Gasteiger partial charge in [-0.3, -0.25) is 4.79 Å². The van der Waals surface area contributed by atoms with Crippen LogP contribution in [-0.2, 0) is 4.79 Å². The summed E-state index contributed by atoms with van der Waals surface area (Å²) in [6.45, 7) is 2.50. The van der Waals surface area contributed by atoms with Crippen LogP contribution in [0.15, 0.2) is 43.0 Å². The topological polar surface area (TPSA) is 74.8 Å². The number of nitrogens with zero attached hydrogens (tertiary/aromatic N) is 5. The predicted molar refractivity (Wildman–Crippen MR) is 84.3 cm³/mol. The SMILES string of the molecule is CC(C(=O)N1CCCC1C(C#N)c1ccccc1)n1cncn1. The van der Waals surface area contributed by atoms with Crippen LogP contribution < -0.4 is 0 Å². The van der Waals surface area contributed by atoms with Gasteiger partial charge in [0, 0.05) is 6.54 Å². The highest BCUT2D eigenvalue weighted by Gasteiger charge is 2.37. The van der Waals surface area contributed by atoms with Crippen molar-refractivity contribution >= 4 is 5.91 Å². The van der Waals surface area contributed by atoms with Crippen LogP contribution in [0, 0.1) is 11.3 Å². The number of carbonyl (C=O) groups is 1. The fourth-order valence-corrected chi connectivity index (χ4v) is 3.23. The van der Waals surface area contributed by atoms with E-state index in [2.05, 4.69) is 16.2 Å². The van der Waals surface area contributed by atoms with E-state index in [1.54, 1.807) is 11.0 Å². The molecule has 1 amide bonds. The van der Waals surface area contributed by atoms with Crippen molar-refractivity contribution < 1.29 is 4.79 Å². The van der Waals surface area contributed by atoms with E-state index in [-0.39, 0.29) is 17.9 Å². The molecule has 6 nitrogen and oxygen atoms in total. The minimum Gasteiger partial charge on any atom is -0.336 e. The Bertz CT molecular complexity index is 692. The maximum Gasteiger partial charge on any atom is 0.247 e. The fourth-order valence-electron chi connectivity index (χ4n) is 3.23. The Morgan fingerprint density at radius 1 is 1.39 bits per heavy atom. The third kappa shape index (κ3) is 2.95. The monoisotopic (exact) mass is 309 g/mol. The molecule has 3 rings (SSSR count). The maximum absolute atomic E-state index is 12.8. The predicted octanol–water partition coefficient (Wildman–Crippen LogP) is 2.14. The largest absolute Gasteiger partial charge is 0.336 e. The number of likely N-dealkylation sites (tertiary alicyclic amines) is 1. The normalized spacial score (nSPS) is 20.0. The highest BCUT2D eigenvalue weighted by molar-refractivity contribution is 5.80. The van der Waals surface area contributed by atoms with Gasteiger partial charge in [0.1, 0.15) is 18.7 Å². The second kappa shape index (κ2) is 6.61. The number of benzene rings is 1. The zero-order valence-corrected chi connectivity index (χ0v) is 13.0. The zero-order chi connectivity index (χ0) is 16.2. The number of hydrogen-bond donors (Lipinski definition) is 0. The van der Waals surface area contributed by atoms with Crippen LogP contribution in [0.25, 0.3) is 0 Å². The lowest BCUT2D eigenvalue weighted by atomic mass is 9.91. The van der Waals surface area contributed by atoms with E-state index < -0.39 is 6.04 Å². The number of amides is 1. The highest BCUT2D eigenvalue weighted by Crippen LogP contribution is 2.32. The summed E-state index contributed by atoms with van der Waals surface area (Å²) in [5, 5.41) is 13.7. The average Bonchev–Trinajstić information content (AvgIpc) is 3.27. The summed E-state index contributed by atoms with van der Waals surface area (Å²) in [7, 11) is 0. The van der Waals surface area contributed by atoms with Crippen LogP contribution in [-0.4, -0.2) is 38.2 Å². The Morgan fingerprint density at radius 2 is 2.17 bits per heavy atom. The summed E-state index contributed by atoms with van der Waals surface area (Å²) in [6, 6.07) is 11.6. The molecule has 0 radical (unpaired) electrons. The summed E-state index contributed by atoms with van der Waals surface area (Å²) in [5.41, 5.74) is 0.966. The average molecular weight is 309 g/mol. The molecule has 1 saturated heterocycles. The third-order valence-corrected chi connectivity index (χ3v) is 4.46.